The van der Waals surface area contributed by atoms with Crippen LogP contribution < -0.4 is 5.73 Å². The first-order chi connectivity index (χ1) is 9.70. The van der Waals surface area contributed by atoms with Gasteiger partial charge in [0, 0.05) is 12.1 Å². The van der Waals surface area contributed by atoms with Crippen LogP contribution in [0.15, 0.2) is 0 Å². The maximum Gasteiger partial charge on any atom is 0.0328 e. The van der Waals surface area contributed by atoms with Crippen LogP contribution in [-0.2, 0) is 0 Å². The number of nitrogens with zero attached hydrogens (tertiary/aromatic N) is 2. The molecular weight excluding hydrogens is 246 g/mol. The van der Waals surface area contributed by atoms with E-state index in [1.165, 1.54) is 77.5 Å². The smallest absolute Gasteiger partial charge is 0.0328 e. The van der Waals surface area contributed by atoms with Crippen LogP contribution >= 0.6 is 0 Å². The topological polar surface area (TPSA) is 32.5 Å². The van der Waals surface area contributed by atoms with E-state index >= 15 is 0 Å². The molecule has 118 valence electrons. The van der Waals surface area contributed by atoms with Gasteiger partial charge in [0.05, 0.1) is 0 Å². The summed E-state index contributed by atoms with van der Waals surface area (Å²) in [6, 6.07) is 0. The Hall–Kier alpha value is -0.120. The normalized spacial score (nSPS) is 32.1. The Labute approximate surface area is 125 Å². The lowest BCUT2D eigenvalue weighted by atomic mass is 9.74. The molecule has 20 heavy (non-hydrogen) atoms. The van der Waals surface area contributed by atoms with Gasteiger partial charge in [0.15, 0.2) is 0 Å². The van der Waals surface area contributed by atoms with Gasteiger partial charge in [0.25, 0.3) is 0 Å². The summed E-state index contributed by atoms with van der Waals surface area (Å²) in [5.74, 6) is 0.952. The average Bonchev–Trinajstić information content (AvgIpc) is 3.00. The predicted octanol–water partition coefficient (Wildman–Crippen LogP) is 2.70. The Morgan fingerprint density at radius 3 is 2.40 bits per heavy atom. The number of hydrogen-bond acceptors (Lipinski definition) is 3. The first-order valence-corrected chi connectivity index (χ1v) is 8.84. The fourth-order valence-electron chi connectivity index (χ4n) is 4.14. The Balaban J connectivity index is 1.75. The summed E-state index contributed by atoms with van der Waals surface area (Å²) < 4.78 is 0. The molecule has 2 rings (SSSR count). The predicted molar refractivity (Wildman–Crippen MR) is 87.0 cm³/mol. The van der Waals surface area contributed by atoms with E-state index in [9.17, 15) is 0 Å². The molecule has 2 aliphatic rings. The van der Waals surface area contributed by atoms with Gasteiger partial charge in [-0.1, -0.05) is 13.3 Å². The molecule has 1 saturated heterocycles. The highest BCUT2D eigenvalue weighted by Gasteiger charge is 2.36. The standard InChI is InChI=1S/C17H35N3/c1-3-16-7-9-17(15-18,10-8-16)19(2)11-6-14-20-12-4-5-13-20/h16H,3-15,18H2,1-2H3. The van der Waals surface area contributed by atoms with Gasteiger partial charge in [-0.15, -0.1) is 0 Å². The van der Waals surface area contributed by atoms with Crippen molar-refractivity contribution in [3.05, 3.63) is 0 Å². The van der Waals surface area contributed by atoms with E-state index in [0.717, 1.165) is 12.5 Å². The van der Waals surface area contributed by atoms with Crippen molar-refractivity contribution in [2.75, 3.05) is 39.8 Å². The maximum atomic E-state index is 6.17. The van der Waals surface area contributed by atoms with Gasteiger partial charge in [0.2, 0.25) is 0 Å². The van der Waals surface area contributed by atoms with E-state index in [4.69, 9.17) is 5.73 Å². The molecular formula is C17H35N3. The van der Waals surface area contributed by atoms with Crippen molar-refractivity contribution in [2.45, 2.75) is 63.8 Å². The average molecular weight is 281 g/mol. The highest BCUT2D eigenvalue weighted by Crippen LogP contribution is 2.36. The van der Waals surface area contributed by atoms with Crippen molar-refractivity contribution in [2.24, 2.45) is 11.7 Å². The molecule has 0 spiro atoms. The van der Waals surface area contributed by atoms with Gasteiger partial charge in [-0.3, -0.25) is 4.90 Å². The highest BCUT2D eigenvalue weighted by atomic mass is 15.2. The van der Waals surface area contributed by atoms with E-state index in [1.807, 2.05) is 0 Å². The van der Waals surface area contributed by atoms with Gasteiger partial charge in [0.1, 0.15) is 0 Å². The van der Waals surface area contributed by atoms with E-state index < -0.39 is 0 Å². The minimum absolute atomic E-state index is 0.302. The van der Waals surface area contributed by atoms with Crippen molar-refractivity contribution in [1.82, 2.24) is 9.80 Å². The first-order valence-electron chi connectivity index (χ1n) is 8.84. The van der Waals surface area contributed by atoms with Crippen molar-refractivity contribution in [3.63, 3.8) is 0 Å². The Kier molecular flexibility index (Phi) is 6.31. The van der Waals surface area contributed by atoms with Gasteiger partial charge in [-0.25, -0.2) is 0 Å². The fraction of sp³-hybridized carbons (Fsp3) is 1.00. The van der Waals surface area contributed by atoms with Crippen LogP contribution in [0.3, 0.4) is 0 Å². The van der Waals surface area contributed by atoms with E-state index in [2.05, 4.69) is 23.8 Å². The summed E-state index contributed by atoms with van der Waals surface area (Å²) in [6.45, 7) is 8.31. The zero-order chi connectivity index (χ0) is 14.4. The zero-order valence-corrected chi connectivity index (χ0v) is 13.7. The molecule has 0 aromatic rings. The lowest BCUT2D eigenvalue weighted by Gasteiger charge is -2.46. The summed E-state index contributed by atoms with van der Waals surface area (Å²) in [7, 11) is 2.31. The molecule has 0 aromatic carbocycles. The lowest BCUT2D eigenvalue weighted by molar-refractivity contribution is 0.0611. The number of rotatable bonds is 7. The zero-order valence-electron chi connectivity index (χ0n) is 13.7. The molecule has 2 fully saturated rings. The van der Waals surface area contributed by atoms with Crippen LogP contribution in [0.1, 0.15) is 58.3 Å². The SMILES string of the molecule is CCC1CCC(CN)(N(C)CCCN2CCCC2)CC1. The summed E-state index contributed by atoms with van der Waals surface area (Å²) in [6.07, 6.45) is 10.8. The Morgan fingerprint density at radius 2 is 1.85 bits per heavy atom. The summed E-state index contributed by atoms with van der Waals surface area (Å²) >= 11 is 0. The van der Waals surface area contributed by atoms with Crippen molar-refractivity contribution < 1.29 is 0 Å². The third kappa shape index (κ3) is 3.96. The van der Waals surface area contributed by atoms with Crippen LogP contribution in [0.2, 0.25) is 0 Å². The number of nitrogens with two attached hydrogens (primary N) is 1. The molecule has 0 radical (unpaired) electrons. The second kappa shape index (κ2) is 7.77. The molecule has 1 aliphatic carbocycles. The largest absolute Gasteiger partial charge is 0.329 e. The third-order valence-electron chi connectivity index (χ3n) is 5.97. The van der Waals surface area contributed by atoms with Gasteiger partial charge in [-0.05, 0) is 84.1 Å². The fourth-order valence-corrected chi connectivity index (χ4v) is 4.14. The van der Waals surface area contributed by atoms with Gasteiger partial charge in [-0.2, -0.15) is 0 Å². The van der Waals surface area contributed by atoms with Crippen LogP contribution in [-0.4, -0.2) is 55.1 Å². The van der Waals surface area contributed by atoms with Crippen LogP contribution in [0.4, 0.5) is 0 Å². The van der Waals surface area contributed by atoms with Gasteiger partial charge >= 0.3 is 0 Å². The van der Waals surface area contributed by atoms with Crippen LogP contribution in [0, 0.1) is 5.92 Å². The lowest BCUT2D eigenvalue weighted by Crippen LogP contribution is -2.54. The van der Waals surface area contributed by atoms with Crippen LogP contribution in [0.5, 0.6) is 0 Å². The monoisotopic (exact) mass is 281 g/mol. The minimum Gasteiger partial charge on any atom is -0.329 e. The summed E-state index contributed by atoms with van der Waals surface area (Å²) in [4.78, 5) is 5.21. The number of hydrogen-bond donors (Lipinski definition) is 1. The van der Waals surface area contributed by atoms with Gasteiger partial charge < -0.3 is 10.6 Å². The molecule has 0 unspecified atom stereocenters. The Bertz CT molecular complexity index is 265. The molecule has 3 nitrogen and oxygen atoms in total. The molecule has 0 atom stereocenters. The second-order valence-electron chi connectivity index (χ2n) is 7.10. The molecule has 2 N–H and O–H groups in total. The molecule has 3 heteroatoms. The summed E-state index contributed by atoms with van der Waals surface area (Å²) in [5, 5.41) is 0. The third-order valence-corrected chi connectivity index (χ3v) is 5.97. The quantitative estimate of drug-likeness (QED) is 0.779. The summed E-state index contributed by atoms with van der Waals surface area (Å²) in [5.41, 5.74) is 6.47. The minimum atomic E-state index is 0.302. The van der Waals surface area contributed by atoms with E-state index in [1.54, 1.807) is 0 Å². The second-order valence-corrected chi connectivity index (χ2v) is 7.10. The van der Waals surface area contributed by atoms with E-state index in [-0.39, 0.29) is 0 Å². The molecule has 1 saturated carbocycles. The molecule has 1 aliphatic heterocycles. The number of likely N-dealkylation sites (N-methyl/N-ethyl adjacent to an activating group) is 1. The van der Waals surface area contributed by atoms with Crippen LogP contribution in [0.25, 0.3) is 0 Å². The molecule has 1 heterocycles. The molecule has 0 bridgehead atoms. The highest BCUT2D eigenvalue weighted by molar-refractivity contribution is 4.94. The van der Waals surface area contributed by atoms with Crippen molar-refractivity contribution in [1.29, 1.82) is 0 Å². The Morgan fingerprint density at radius 1 is 1.20 bits per heavy atom. The first kappa shape index (κ1) is 16.3. The van der Waals surface area contributed by atoms with Crippen molar-refractivity contribution >= 4 is 0 Å². The molecule has 0 aromatic heterocycles. The van der Waals surface area contributed by atoms with E-state index in [0.29, 0.717) is 5.54 Å². The van der Waals surface area contributed by atoms with Crippen molar-refractivity contribution in [3.8, 4) is 0 Å². The maximum absolute atomic E-state index is 6.17. The number of likely N-dealkylation sites (tertiary alicyclic amines) is 1. The molecule has 0 amide bonds.